The third-order valence-electron chi connectivity index (χ3n) is 4.49. The minimum absolute atomic E-state index is 0.0673. The Morgan fingerprint density at radius 1 is 1.23 bits per heavy atom. The lowest BCUT2D eigenvalue weighted by Crippen LogP contribution is -2.40. The fourth-order valence-electron chi connectivity index (χ4n) is 3.19. The molecule has 0 saturated carbocycles. The van der Waals surface area contributed by atoms with Gasteiger partial charge in [-0.3, -0.25) is 4.79 Å². The molecule has 4 nitrogen and oxygen atoms in total. The van der Waals surface area contributed by atoms with Crippen LogP contribution in [0.1, 0.15) is 43.0 Å². The highest BCUT2D eigenvalue weighted by Gasteiger charge is 2.34. The van der Waals surface area contributed by atoms with E-state index in [4.69, 9.17) is 9.47 Å². The molecule has 0 radical (unpaired) electrons. The molecular weight excluding hydrogens is 326 g/mol. The number of amides is 1. The van der Waals surface area contributed by atoms with Gasteiger partial charge in [0.05, 0.1) is 13.2 Å². The van der Waals surface area contributed by atoms with E-state index in [0.29, 0.717) is 0 Å². The molecule has 1 aliphatic rings. The highest BCUT2D eigenvalue weighted by atomic mass is 16.5. The Balaban J connectivity index is 1.73. The van der Waals surface area contributed by atoms with Crippen LogP contribution in [-0.2, 0) is 4.79 Å². The number of aryl methyl sites for hydroxylation is 1. The van der Waals surface area contributed by atoms with Crippen molar-refractivity contribution in [3.63, 3.8) is 0 Å². The Labute approximate surface area is 154 Å². The van der Waals surface area contributed by atoms with E-state index >= 15 is 0 Å². The Morgan fingerprint density at radius 2 is 1.96 bits per heavy atom. The maximum atomic E-state index is 12.4. The number of carbonyl (C=O) groups is 1. The highest BCUT2D eigenvalue weighted by molar-refractivity contribution is 5.92. The van der Waals surface area contributed by atoms with Crippen molar-refractivity contribution < 1.29 is 14.3 Å². The number of rotatable bonds is 4. The smallest absolute Gasteiger partial charge is 0.244 e. The molecule has 0 saturated heterocycles. The van der Waals surface area contributed by atoms with E-state index in [9.17, 15) is 4.79 Å². The summed E-state index contributed by atoms with van der Waals surface area (Å²) in [5.74, 6) is 1.53. The van der Waals surface area contributed by atoms with E-state index in [0.717, 1.165) is 34.6 Å². The predicted molar refractivity (Wildman–Crippen MR) is 103 cm³/mol. The monoisotopic (exact) mass is 351 g/mol. The van der Waals surface area contributed by atoms with E-state index < -0.39 is 0 Å². The Bertz CT molecular complexity index is 822. The van der Waals surface area contributed by atoms with E-state index in [1.165, 1.54) is 0 Å². The van der Waals surface area contributed by atoms with Gasteiger partial charge in [-0.2, -0.15) is 0 Å². The van der Waals surface area contributed by atoms with Crippen LogP contribution in [0.5, 0.6) is 11.5 Å². The van der Waals surface area contributed by atoms with Gasteiger partial charge in [0.2, 0.25) is 5.91 Å². The van der Waals surface area contributed by atoms with E-state index in [1.54, 1.807) is 19.3 Å². The van der Waals surface area contributed by atoms with Crippen LogP contribution >= 0.6 is 0 Å². The molecule has 1 N–H and O–H groups in total. The second kappa shape index (κ2) is 7.24. The van der Waals surface area contributed by atoms with E-state index in [2.05, 4.69) is 5.32 Å². The lowest BCUT2D eigenvalue weighted by atomic mass is 9.89. The average molecular weight is 351 g/mol. The first-order valence-electron chi connectivity index (χ1n) is 8.78. The Kier molecular flexibility index (Phi) is 5.03. The molecule has 0 unspecified atom stereocenters. The second-order valence-corrected chi connectivity index (χ2v) is 7.27. The zero-order valence-electron chi connectivity index (χ0n) is 15.7. The third-order valence-corrected chi connectivity index (χ3v) is 4.49. The van der Waals surface area contributed by atoms with Gasteiger partial charge in [0.25, 0.3) is 0 Å². The summed E-state index contributed by atoms with van der Waals surface area (Å²) in [6.45, 7) is 6.13. The van der Waals surface area contributed by atoms with Crippen molar-refractivity contribution in [3.05, 3.63) is 65.2 Å². The first-order valence-corrected chi connectivity index (χ1v) is 8.78. The fraction of sp³-hybridized carbons (Fsp3) is 0.318. The van der Waals surface area contributed by atoms with Crippen LogP contribution in [0.15, 0.2) is 48.5 Å². The largest absolute Gasteiger partial charge is 0.497 e. The minimum atomic E-state index is -0.321. The minimum Gasteiger partial charge on any atom is -0.497 e. The molecule has 26 heavy (non-hydrogen) atoms. The molecule has 1 atom stereocenters. The molecule has 136 valence electrons. The summed E-state index contributed by atoms with van der Waals surface area (Å²) in [4.78, 5) is 12.4. The molecule has 3 rings (SSSR count). The molecule has 0 bridgehead atoms. The number of ether oxygens (including phenoxy) is 2. The van der Waals surface area contributed by atoms with Crippen molar-refractivity contribution >= 4 is 12.0 Å². The van der Waals surface area contributed by atoms with Crippen LogP contribution in [0.3, 0.4) is 0 Å². The molecule has 0 aromatic heterocycles. The number of fused-ring (bicyclic) bond motifs is 1. The van der Waals surface area contributed by atoms with Crippen molar-refractivity contribution in [1.29, 1.82) is 0 Å². The molecule has 1 aliphatic heterocycles. The van der Waals surface area contributed by atoms with Crippen molar-refractivity contribution in [1.82, 2.24) is 5.32 Å². The summed E-state index contributed by atoms with van der Waals surface area (Å²) >= 11 is 0. The summed E-state index contributed by atoms with van der Waals surface area (Å²) in [6, 6.07) is 13.6. The van der Waals surface area contributed by atoms with Gasteiger partial charge in [0.1, 0.15) is 17.1 Å². The number of benzene rings is 2. The molecule has 0 aliphatic carbocycles. The summed E-state index contributed by atoms with van der Waals surface area (Å²) < 4.78 is 11.2. The second-order valence-electron chi connectivity index (χ2n) is 7.27. The normalized spacial score (nSPS) is 18.1. The topological polar surface area (TPSA) is 47.6 Å². The Morgan fingerprint density at radius 3 is 2.65 bits per heavy atom. The average Bonchev–Trinajstić information content (AvgIpc) is 2.59. The van der Waals surface area contributed by atoms with Gasteiger partial charge in [-0.25, -0.2) is 0 Å². The number of methoxy groups -OCH3 is 1. The fourth-order valence-corrected chi connectivity index (χ4v) is 3.19. The number of nitrogens with one attached hydrogen (secondary N) is 1. The number of hydrogen-bond donors (Lipinski definition) is 1. The number of hydrogen-bond acceptors (Lipinski definition) is 3. The number of carbonyl (C=O) groups excluding carboxylic acids is 1. The van der Waals surface area contributed by atoms with Gasteiger partial charge in [0, 0.05) is 18.1 Å². The summed E-state index contributed by atoms with van der Waals surface area (Å²) in [6.07, 6.45) is 4.10. The molecule has 4 heteroatoms. The van der Waals surface area contributed by atoms with Crippen LogP contribution in [-0.4, -0.2) is 18.6 Å². The zero-order valence-corrected chi connectivity index (χ0v) is 15.7. The van der Waals surface area contributed by atoms with Gasteiger partial charge < -0.3 is 14.8 Å². The first-order chi connectivity index (χ1) is 12.4. The molecule has 0 spiro atoms. The van der Waals surface area contributed by atoms with Crippen LogP contribution in [0, 0.1) is 6.92 Å². The van der Waals surface area contributed by atoms with Gasteiger partial charge in [0.15, 0.2) is 0 Å². The van der Waals surface area contributed by atoms with Crippen LogP contribution in [0.2, 0.25) is 0 Å². The maximum absolute atomic E-state index is 12.4. The van der Waals surface area contributed by atoms with Crippen LogP contribution in [0.25, 0.3) is 6.08 Å². The van der Waals surface area contributed by atoms with Gasteiger partial charge in [-0.15, -0.1) is 0 Å². The Hall–Kier alpha value is -2.75. The van der Waals surface area contributed by atoms with Crippen LogP contribution < -0.4 is 14.8 Å². The zero-order chi connectivity index (χ0) is 18.7. The SMILES string of the molecule is COc1ccc(/C=C/C(=O)N[C@@H]2CC(C)(C)Oc3cc(C)ccc32)cc1. The molecule has 2 aromatic carbocycles. The van der Waals surface area contributed by atoms with Crippen molar-refractivity contribution in [2.45, 2.75) is 38.8 Å². The third kappa shape index (κ3) is 4.26. The molecule has 2 aromatic rings. The van der Waals surface area contributed by atoms with E-state index in [-0.39, 0.29) is 17.6 Å². The molecule has 1 heterocycles. The highest BCUT2D eigenvalue weighted by Crippen LogP contribution is 2.39. The lowest BCUT2D eigenvalue weighted by molar-refractivity contribution is -0.117. The molecule has 0 fully saturated rings. The van der Waals surface area contributed by atoms with Gasteiger partial charge >= 0.3 is 0 Å². The summed E-state index contributed by atoms with van der Waals surface area (Å²) in [5.41, 5.74) is 2.80. The van der Waals surface area contributed by atoms with E-state index in [1.807, 2.05) is 63.2 Å². The van der Waals surface area contributed by atoms with Crippen molar-refractivity contribution in [3.8, 4) is 11.5 Å². The molecular formula is C22H25NO3. The summed E-state index contributed by atoms with van der Waals surface area (Å²) in [7, 11) is 1.63. The summed E-state index contributed by atoms with van der Waals surface area (Å²) in [5, 5.41) is 3.11. The van der Waals surface area contributed by atoms with Crippen molar-refractivity contribution in [2.24, 2.45) is 0 Å². The molecule has 1 amide bonds. The quantitative estimate of drug-likeness (QED) is 0.829. The van der Waals surface area contributed by atoms with Gasteiger partial charge in [-0.05, 0) is 56.2 Å². The lowest BCUT2D eigenvalue weighted by Gasteiger charge is -2.38. The maximum Gasteiger partial charge on any atom is 0.244 e. The predicted octanol–water partition coefficient (Wildman–Crippen LogP) is 4.44. The first kappa shape index (κ1) is 18.1. The van der Waals surface area contributed by atoms with Crippen LogP contribution in [0.4, 0.5) is 0 Å². The van der Waals surface area contributed by atoms with Crippen molar-refractivity contribution in [2.75, 3.05) is 7.11 Å². The standard InChI is InChI=1S/C22H25NO3/c1-15-5-11-18-19(14-22(2,3)26-20(18)13-15)23-21(24)12-8-16-6-9-17(25-4)10-7-16/h5-13,19H,14H2,1-4H3,(H,23,24)/b12-8+/t19-/m1/s1. The van der Waals surface area contributed by atoms with Gasteiger partial charge in [-0.1, -0.05) is 24.3 Å².